The highest BCUT2D eigenvalue weighted by molar-refractivity contribution is 6.31. The van der Waals surface area contributed by atoms with Crippen LogP contribution in [-0.4, -0.2) is 4.98 Å². The lowest BCUT2D eigenvalue weighted by Gasteiger charge is -2.09. The minimum Gasteiger partial charge on any atom is -0.397 e. The summed E-state index contributed by atoms with van der Waals surface area (Å²) in [7, 11) is 0. The molecule has 1 aromatic heterocycles. The van der Waals surface area contributed by atoms with E-state index in [2.05, 4.69) is 4.98 Å². The molecule has 13 heavy (non-hydrogen) atoms. The van der Waals surface area contributed by atoms with Crippen LogP contribution >= 0.6 is 23.2 Å². The summed E-state index contributed by atoms with van der Waals surface area (Å²) in [5.74, 6) is -0.0112. The summed E-state index contributed by atoms with van der Waals surface area (Å²) in [6.45, 7) is 0. The normalized spacial score (nSPS) is 10.8. The number of rotatable bonds is 2. The first-order chi connectivity index (χ1) is 6.07. The molecule has 0 fully saturated rings. The van der Waals surface area contributed by atoms with Crippen LogP contribution in [0, 0.1) is 0 Å². The van der Waals surface area contributed by atoms with Gasteiger partial charge in [0.15, 0.2) is 0 Å². The third-order valence-electron chi connectivity index (χ3n) is 1.54. The van der Waals surface area contributed by atoms with Gasteiger partial charge in [-0.3, -0.25) is 4.98 Å². The fraction of sp³-hybridized carbons (Fsp3) is 0.286. The Balaban J connectivity index is 3.30. The monoisotopic (exact) mass is 226 g/mol. The van der Waals surface area contributed by atoms with Crippen molar-refractivity contribution in [1.82, 2.24) is 4.98 Å². The van der Waals surface area contributed by atoms with E-state index >= 15 is 0 Å². The van der Waals surface area contributed by atoms with Crippen LogP contribution in [0.3, 0.4) is 0 Å². The number of nitrogens with zero attached hydrogens (tertiary/aromatic N) is 1. The molecule has 0 saturated heterocycles. The summed E-state index contributed by atoms with van der Waals surface area (Å²) in [4.78, 5) is 3.72. The quantitative estimate of drug-likeness (QED) is 0.788. The first kappa shape index (κ1) is 10.5. The van der Waals surface area contributed by atoms with Crippen molar-refractivity contribution in [1.29, 1.82) is 0 Å². The van der Waals surface area contributed by atoms with Gasteiger partial charge in [-0.05, 0) is 0 Å². The second kappa shape index (κ2) is 4.07. The van der Waals surface area contributed by atoms with Crippen LogP contribution in [-0.2, 0) is 5.88 Å². The number of aromatic nitrogens is 1. The van der Waals surface area contributed by atoms with Crippen molar-refractivity contribution >= 4 is 28.9 Å². The lowest BCUT2D eigenvalue weighted by atomic mass is 10.2. The summed E-state index contributed by atoms with van der Waals surface area (Å²) in [6, 6.07) is 0. The zero-order valence-corrected chi connectivity index (χ0v) is 7.91. The predicted octanol–water partition coefficient (Wildman–Crippen LogP) is 2.99. The third kappa shape index (κ3) is 2.00. The van der Waals surface area contributed by atoms with E-state index in [-0.39, 0.29) is 22.3 Å². The number of nitrogens with two attached hydrogens (primary N) is 1. The van der Waals surface area contributed by atoms with Gasteiger partial charge in [-0.25, -0.2) is 8.78 Å². The van der Waals surface area contributed by atoms with Crippen LogP contribution in [0.2, 0.25) is 5.02 Å². The molecule has 72 valence electrons. The summed E-state index contributed by atoms with van der Waals surface area (Å²) in [5, 5.41) is -0.138. The van der Waals surface area contributed by atoms with Gasteiger partial charge in [0.05, 0.1) is 27.8 Å². The molecule has 0 spiro atoms. The molecule has 0 aliphatic rings. The molecule has 6 heteroatoms. The summed E-state index contributed by atoms with van der Waals surface area (Å²) in [5.41, 5.74) is 5.08. The molecular weight excluding hydrogens is 221 g/mol. The second-order valence-electron chi connectivity index (χ2n) is 2.31. The van der Waals surface area contributed by atoms with Crippen molar-refractivity contribution in [2.45, 2.75) is 12.3 Å². The summed E-state index contributed by atoms with van der Waals surface area (Å²) in [6.07, 6.45) is -1.59. The highest BCUT2D eigenvalue weighted by Crippen LogP contribution is 2.33. The van der Waals surface area contributed by atoms with Crippen LogP contribution in [0.5, 0.6) is 0 Å². The largest absolute Gasteiger partial charge is 0.397 e. The van der Waals surface area contributed by atoms with E-state index in [9.17, 15) is 8.78 Å². The molecule has 0 amide bonds. The van der Waals surface area contributed by atoms with Crippen molar-refractivity contribution in [3.05, 3.63) is 22.5 Å². The Morgan fingerprint density at radius 3 is 2.62 bits per heavy atom. The molecule has 1 heterocycles. The fourth-order valence-electron chi connectivity index (χ4n) is 0.886. The minimum absolute atomic E-state index is 0.0112. The Kier molecular flexibility index (Phi) is 3.27. The van der Waals surface area contributed by atoms with Gasteiger partial charge >= 0.3 is 0 Å². The van der Waals surface area contributed by atoms with Gasteiger partial charge in [-0.2, -0.15) is 0 Å². The first-order valence-corrected chi connectivity index (χ1v) is 4.26. The van der Waals surface area contributed by atoms with E-state index in [1.54, 1.807) is 0 Å². The summed E-state index contributed by atoms with van der Waals surface area (Å²) >= 11 is 10.9. The van der Waals surface area contributed by atoms with Gasteiger partial charge in [0.2, 0.25) is 0 Å². The lowest BCUT2D eigenvalue weighted by Crippen LogP contribution is -2.02. The number of anilines is 1. The standard InChI is InChI=1S/C7H6Cl2F2N2/c8-1-4-6(12)5(7(10)11)3(9)2-13-4/h2,7H,1,12H2. The second-order valence-corrected chi connectivity index (χ2v) is 2.99. The highest BCUT2D eigenvalue weighted by Gasteiger charge is 2.18. The molecule has 0 aliphatic heterocycles. The van der Waals surface area contributed by atoms with Gasteiger partial charge in [0, 0.05) is 6.20 Å². The Morgan fingerprint density at radius 1 is 1.54 bits per heavy atom. The van der Waals surface area contributed by atoms with Crippen molar-refractivity contribution in [2.24, 2.45) is 0 Å². The van der Waals surface area contributed by atoms with Gasteiger partial charge in [0.1, 0.15) is 0 Å². The molecule has 1 aromatic rings. The van der Waals surface area contributed by atoms with Crippen LogP contribution in [0.25, 0.3) is 0 Å². The number of hydrogen-bond acceptors (Lipinski definition) is 2. The first-order valence-electron chi connectivity index (χ1n) is 3.34. The molecular formula is C7H6Cl2F2N2. The third-order valence-corrected chi connectivity index (χ3v) is 2.09. The SMILES string of the molecule is Nc1c(CCl)ncc(Cl)c1C(F)F. The van der Waals surface area contributed by atoms with Crippen molar-refractivity contribution < 1.29 is 8.78 Å². The van der Waals surface area contributed by atoms with E-state index in [0.717, 1.165) is 6.20 Å². The van der Waals surface area contributed by atoms with Gasteiger partial charge < -0.3 is 5.73 Å². The highest BCUT2D eigenvalue weighted by atomic mass is 35.5. The molecule has 0 unspecified atom stereocenters. The molecule has 0 atom stereocenters. The number of hydrogen-bond donors (Lipinski definition) is 1. The number of nitrogen functional groups attached to an aromatic ring is 1. The lowest BCUT2D eigenvalue weighted by molar-refractivity contribution is 0.152. The number of halogens is 4. The number of pyridine rings is 1. The average molecular weight is 227 g/mol. The van der Waals surface area contributed by atoms with E-state index in [1.807, 2.05) is 0 Å². The average Bonchev–Trinajstić information content (AvgIpc) is 2.04. The Labute approximate surface area is 83.7 Å². The molecule has 0 bridgehead atoms. The maximum atomic E-state index is 12.4. The molecule has 0 aliphatic carbocycles. The van der Waals surface area contributed by atoms with Crippen LogP contribution in [0.15, 0.2) is 6.20 Å². The smallest absolute Gasteiger partial charge is 0.267 e. The van der Waals surface area contributed by atoms with Crippen molar-refractivity contribution in [3.8, 4) is 0 Å². The maximum absolute atomic E-state index is 12.4. The minimum atomic E-state index is -2.71. The van der Waals surface area contributed by atoms with Crippen LogP contribution < -0.4 is 5.73 Å². The van der Waals surface area contributed by atoms with E-state index in [4.69, 9.17) is 28.9 Å². The summed E-state index contributed by atoms with van der Waals surface area (Å²) < 4.78 is 24.7. The Bertz CT molecular complexity index is 318. The van der Waals surface area contributed by atoms with Crippen LogP contribution in [0.1, 0.15) is 17.7 Å². The van der Waals surface area contributed by atoms with E-state index in [1.165, 1.54) is 0 Å². The van der Waals surface area contributed by atoms with Crippen molar-refractivity contribution in [3.63, 3.8) is 0 Å². The zero-order chi connectivity index (χ0) is 10.0. The molecule has 0 radical (unpaired) electrons. The van der Waals surface area contributed by atoms with Gasteiger partial charge in [-0.1, -0.05) is 11.6 Å². The van der Waals surface area contributed by atoms with E-state index in [0.29, 0.717) is 0 Å². The molecule has 1 rings (SSSR count). The van der Waals surface area contributed by atoms with Gasteiger partial charge in [-0.15, -0.1) is 11.6 Å². The number of alkyl halides is 3. The molecule has 0 aromatic carbocycles. The van der Waals surface area contributed by atoms with Gasteiger partial charge in [0.25, 0.3) is 6.43 Å². The maximum Gasteiger partial charge on any atom is 0.267 e. The predicted molar refractivity (Wildman–Crippen MR) is 48.2 cm³/mol. The molecule has 2 N–H and O–H groups in total. The van der Waals surface area contributed by atoms with Crippen LogP contribution in [0.4, 0.5) is 14.5 Å². The van der Waals surface area contributed by atoms with Crippen molar-refractivity contribution in [2.75, 3.05) is 5.73 Å². The molecule has 2 nitrogen and oxygen atoms in total. The fourth-order valence-corrected chi connectivity index (χ4v) is 1.33. The molecule has 0 saturated carbocycles. The Morgan fingerprint density at radius 2 is 2.15 bits per heavy atom. The van der Waals surface area contributed by atoms with E-state index < -0.39 is 12.0 Å². The Hall–Kier alpha value is -0.610. The topological polar surface area (TPSA) is 38.9 Å². The zero-order valence-electron chi connectivity index (χ0n) is 6.40.